The van der Waals surface area contributed by atoms with Gasteiger partial charge in [0.15, 0.2) is 0 Å². The number of nitrogen functional groups attached to an aromatic ring is 1. The third kappa shape index (κ3) is 2.62. The van der Waals surface area contributed by atoms with Gasteiger partial charge in [0.2, 0.25) is 0 Å². The van der Waals surface area contributed by atoms with E-state index in [1.165, 1.54) is 0 Å². The van der Waals surface area contributed by atoms with E-state index < -0.39 is 0 Å². The van der Waals surface area contributed by atoms with Crippen LogP contribution in [0.4, 0.5) is 5.82 Å². The summed E-state index contributed by atoms with van der Waals surface area (Å²) in [4.78, 5) is 4.15. The number of nitrogens with zero attached hydrogens (tertiary/aromatic N) is 1. The fourth-order valence-corrected chi connectivity index (χ4v) is 1.52. The normalized spacial score (nSPS) is 9.31. The molecule has 2 rings (SSSR count). The third-order valence-corrected chi connectivity index (χ3v) is 2.61. The zero-order valence-electron chi connectivity index (χ0n) is 8.44. The molecular weight excluding hydrogens is 264 g/mol. The van der Waals surface area contributed by atoms with Crippen molar-refractivity contribution in [1.82, 2.24) is 4.98 Å². The van der Waals surface area contributed by atoms with Crippen molar-refractivity contribution >= 4 is 21.7 Å². The highest BCUT2D eigenvalue weighted by atomic mass is 79.9. The van der Waals surface area contributed by atoms with Crippen LogP contribution in [0.3, 0.4) is 0 Å². The van der Waals surface area contributed by atoms with E-state index in [-0.39, 0.29) is 0 Å². The number of aromatic nitrogens is 1. The maximum absolute atomic E-state index is 5.60. The van der Waals surface area contributed by atoms with Crippen LogP contribution in [0.1, 0.15) is 11.3 Å². The highest BCUT2D eigenvalue weighted by Gasteiger charge is 1.97. The smallest absolute Gasteiger partial charge is 0.130 e. The van der Waals surface area contributed by atoms with E-state index >= 15 is 0 Å². The number of benzene rings is 1. The number of hydrogen-bond acceptors (Lipinski definition) is 2. The van der Waals surface area contributed by atoms with Crippen LogP contribution in [-0.4, -0.2) is 4.98 Å². The number of rotatable bonds is 0. The number of hydrogen-bond donors (Lipinski definition) is 1. The molecule has 0 unspecified atom stereocenters. The summed E-state index contributed by atoms with van der Waals surface area (Å²) in [5.41, 5.74) is 7.21. The van der Waals surface area contributed by atoms with Crippen LogP contribution >= 0.6 is 15.9 Å². The number of pyridine rings is 1. The second-order valence-electron chi connectivity index (χ2n) is 3.18. The van der Waals surface area contributed by atoms with E-state index in [9.17, 15) is 0 Å². The molecule has 0 amide bonds. The predicted octanol–water partition coefficient (Wildman–Crippen LogP) is 2.83. The first-order valence-electron chi connectivity index (χ1n) is 4.75. The summed E-state index contributed by atoms with van der Waals surface area (Å²) < 4.78 is 0.852. The van der Waals surface area contributed by atoms with Crippen molar-refractivity contribution in [2.45, 2.75) is 0 Å². The van der Waals surface area contributed by atoms with Crippen LogP contribution < -0.4 is 5.73 Å². The van der Waals surface area contributed by atoms with Gasteiger partial charge in [0.05, 0.1) is 4.47 Å². The summed E-state index contributed by atoms with van der Waals surface area (Å²) in [5.74, 6) is 6.49. The number of anilines is 1. The Morgan fingerprint density at radius 1 is 1.00 bits per heavy atom. The van der Waals surface area contributed by atoms with Gasteiger partial charge in [-0.15, -0.1) is 0 Å². The minimum atomic E-state index is 0.473. The van der Waals surface area contributed by atoms with E-state index in [2.05, 4.69) is 32.8 Å². The largest absolute Gasteiger partial charge is 0.384 e. The molecule has 1 aromatic carbocycles. The molecule has 2 nitrogen and oxygen atoms in total. The Hall–Kier alpha value is -1.79. The van der Waals surface area contributed by atoms with E-state index in [4.69, 9.17) is 5.73 Å². The molecule has 16 heavy (non-hydrogen) atoms. The van der Waals surface area contributed by atoms with Gasteiger partial charge in [-0.05, 0) is 46.1 Å². The van der Waals surface area contributed by atoms with Crippen molar-refractivity contribution in [1.29, 1.82) is 0 Å². The summed E-state index contributed by atoms with van der Waals surface area (Å²) in [6.07, 6.45) is 0. The first-order chi connectivity index (χ1) is 7.75. The lowest BCUT2D eigenvalue weighted by molar-refractivity contribution is 1.28. The summed E-state index contributed by atoms with van der Waals surface area (Å²) in [6, 6.07) is 13.3. The van der Waals surface area contributed by atoms with Crippen LogP contribution in [0, 0.1) is 11.8 Å². The number of nitrogens with two attached hydrogens (primary N) is 1. The summed E-state index contributed by atoms with van der Waals surface area (Å²) in [5, 5.41) is 0. The molecule has 3 heteroatoms. The molecule has 0 atom stereocenters. The van der Waals surface area contributed by atoms with Crippen molar-refractivity contribution in [2.75, 3.05) is 5.73 Å². The molecule has 0 spiro atoms. The van der Waals surface area contributed by atoms with Crippen molar-refractivity contribution in [3.63, 3.8) is 0 Å². The Labute approximate surface area is 103 Å². The molecule has 0 fully saturated rings. The van der Waals surface area contributed by atoms with Crippen molar-refractivity contribution < 1.29 is 0 Å². The molecule has 0 saturated heterocycles. The van der Waals surface area contributed by atoms with Crippen molar-refractivity contribution in [3.05, 3.63) is 58.2 Å². The van der Waals surface area contributed by atoms with Crippen molar-refractivity contribution in [3.8, 4) is 11.8 Å². The molecule has 0 aliphatic carbocycles. The lowest BCUT2D eigenvalue weighted by Crippen LogP contribution is -1.92. The Morgan fingerprint density at radius 3 is 2.50 bits per heavy atom. The van der Waals surface area contributed by atoms with E-state index in [0.29, 0.717) is 11.5 Å². The van der Waals surface area contributed by atoms with Crippen LogP contribution in [-0.2, 0) is 0 Å². The molecule has 0 bridgehead atoms. The first-order valence-corrected chi connectivity index (χ1v) is 5.54. The zero-order valence-corrected chi connectivity index (χ0v) is 10.0. The van der Waals surface area contributed by atoms with Gasteiger partial charge >= 0.3 is 0 Å². The molecule has 0 radical (unpaired) electrons. The molecule has 0 aliphatic heterocycles. The van der Waals surface area contributed by atoms with E-state index in [1.54, 1.807) is 6.07 Å². The molecule has 0 saturated carbocycles. The molecule has 1 aromatic heterocycles. The first kappa shape index (κ1) is 10.7. The second-order valence-corrected chi connectivity index (χ2v) is 4.04. The van der Waals surface area contributed by atoms with Gasteiger partial charge in [-0.3, -0.25) is 0 Å². The van der Waals surface area contributed by atoms with Crippen LogP contribution in [0.15, 0.2) is 46.9 Å². The quantitative estimate of drug-likeness (QED) is 0.749. The van der Waals surface area contributed by atoms with Crippen molar-refractivity contribution in [2.24, 2.45) is 0 Å². The van der Waals surface area contributed by atoms with Gasteiger partial charge in [0.25, 0.3) is 0 Å². The van der Waals surface area contributed by atoms with Gasteiger partial charge in [0, 0.05) is 5.56 Å². The second kappa shape index (κ2) is 4.82. The maximum atomic E-state index is 5.60. The van der Waals surface area contributed by atoms with Gasteiger partial charge in [-0.1, -0.05) is 24.1 Å². The third-order valence-electron chi connectivity index (χ3n) is 1.97. The van der Waals surface area contributed by atoms with Gasteiger partial charge in [0.1, 0.15) is 11.5 Å². The molecule has 0 aliphatic rings. The number of halogens is 1. The van der Waals surface area contributed by atoms with Gasteiger partial charge in [-0.25, -0.2) is 4.98 Å². The fraction of sp³-hybridized carbons (Fsp3) is 0. The molecule has 78 valence electrons. The SMILES string of the molecule is Nc1ccc(Br)c(C#Cc2ccccc2)n1. The lowest BCUT2D eigenvalue weighted by atomic mass is 10.2. The molecular formula is C13H9BrN2. The van der Waals surface area contributed by atoms with Gasteiger partial charge in [-0.2, -0.15) is 0 Å². The predicted molar refractivity (Wildman–Crippen MR) is 68.8 cm³/mol. The topological polar surface area (TPSA) is 38.9 Å². The maximum Gasteiger partial charge on any atom is 0.130 e. The summed E-state index contributed by atoms with van der Waals surface area (Å²) in [6.45, 7) is 0. The Kier molecular flexibility index (Phi) is 3.23. The monoisotopic (exact) mass is 272 g/mol. The molecule has 2 N–H and O–H groups in total. The Balaban J connectivity index is 2.34. The Morgan fingerprint density at radius 2 is 1.75 bits per heavy atom. The average Bonchev–Trinajstić information content (AvgIpc) is 2.32. The van der Waals surface area contributed by atoms with Crippen LogP contribution in [0.25, 0.3) is 0 Å². The Bertz CT molecular complexity index is 553. The lowest BCUT2D eigenvalue weighted by Gasteiger charge is -1.96. The van der Waals surface area contributed by atoms with Gasteiger partial charge < -0.3 is 5.73 Å². The summed E-state index contributed by atoms with van der Waals surface area (Å²) in [7, 11) is 0. The highest BCUT2D eigenvalue weighted by Crippen LogP contribution is 2.14. The van der Waals surface area contributed by atoms with Crippen LogP contribution in [0.5, 0.6) is 0 Å². The minimum absolute atomic E-state index is 0.473. The minimum Gasteiger partial charge on any atom is -0.384 e. The fourth-order valence-electron chi connectivity index (χ4n) is 1.20. The average molecular weight is 273 g/mol. The molecule has 2 aromatic rings. The van der Waals surface area contributed by atoms with E-state index in [0.717, 1.165) is 10.0 Å². The standard InChI is InChI=1S/C13H9BrN2/c14-11-7-9-13(15)16-12(11)8-6-10-4-2-1-3-5-10/h1-5,7,9H,(H2,15,16). The summed E-state index contributed by atoms with van der Waals surface area (Å²) >= 11 is 3.38. The van der Waals surface area contributed by atoms with Crippen LogP contribution in [0.2, 0.25) is 0 Å². The zero-order chi connectivity index (χ0) is 11.4. The molecule has 1 heterocycles. The van der Waals surface area contributed by atoms with E-state index in [1.807, 2.05) is 36.4 Å². The highest BCUT2D eigenvalue weighted by molar-refractivity contribution is 9.10.